The minimum Gasteiger partial charge on any atom is -0.744 e. The maximum absolute atomic E-state index is 12.9. The highest BCUT2D eigenvalue weighted by atomic mass is 32.2. The van der Waals surface area contributed by atoms with Gasteiger partial charge in [-0.05, 0) is 123 Å². The van der Waals surface area contributed by atoms with E-state index in [1.54, 1.807) is 97.1 Å². The van der Waals surface area contributed by atoms with Crippen molar-refractivity contribution in [1.29, 1.82) is 0 Å². The zero-order chi connectivity index (χ0) is 52.3. The van der Waals surface area contributed by atoms with Crippen molar-refractivity contribution in [1.82, 2.24) is 0 Å². The van der Waals surface area contributed by atoms with Gasteiger partial charge in [0.15, 0.2) is 24.8 Å². The normalized spacial score (nSPS) is 10.9. The number of amides is 4. The lowest BCUT2D eigenvalue weighted by atomic mass is 10.1. The number of unbranched alkanes of at least 4 members (excludes halogenated alkanes) is 2. The van der Waals surface area contributed by atoms with Gasteiger partial charge in [0.05, 0.1) is 9.79 Å². The second-order valence-electron chi connectivity index (χ2n) is 16.5. The van der Waals surface area contributed by atoms with Gasteiger partial charge in [-0.25, -0.2) is 26.0 Å². The number of carbonyl (C=O) groups excluding carboxylic acids is 4. The topological polar surface area (TPSA) is 239 Å². The predicted molar refractivity (Wildman–Crippen MR) is 273 cm³/mol. The Morgan fingerprint density at radius 2 is 0.694 bits per heavy atom. The van der Waals surface area contributed by atoms with Crippen LogP contribution in [0.4, 0.5) is 22.7 Å². The van der Waals surface area contributed by atoms with Crippen LogP contribution in [0.2, 0.25) is 0 Å². The summed E-state index contributed by atoms with van der Waals surface area (Å²) in [4.78, 5) is 51.0. The van der Waals surface area contributed by atoms with Crippen molar-refractivity contribution in [2.75, 3.05) is 21.3 Å². The highest BCUT2D eigenvalue weighted by molar-refractivity contribution is 7.86. The van der Waals surface area contributed by atoms with Crippen LogP contribution in [-0.4, -0.2) is 49.6 Å². The highest BCUT2D eigenvalue weighted by Gasteiger charge is 2.14. The first-order valence-corrected chi connectivity index (χ1v) is 25.7. The number of benzene rings is 5. The molecule has 16 nitrogen and oxygen atoms in total. The van der Waals surface area contributed by atoms with E-state index in [-0.39, 0.29) is 33.4 Å². The largest absolute Gasteiger partial charge is 0.744 e. The van der Waals surface area contributed by atoms with E-state index in [1.807, 2.05) is 72.0 Å². The van der Waals surface area contributed by atoms with Crippen LogP contribution < -0.4 is 30.4 Å². The van der Waals surface area contributed by atoms with Gasteiger partial charge in [0.1, 0.15) is 44.7 Å². The molecule has 72 heavy (non-hydrogen) atoms. The van der Waals surface area contributed by atoms with Crippen LogP contribution in [0, 0.1) is 13.8 Å². The average Bonchev–Trinajstić information content (AvgIpc) is 3.36. The molecule has 7 aromatic rings. The first-order valence-electron chi connectivity index (χ1n) is 22.9. The van der Waals surface area contributed by atoms with E-state index in [0.717, 1.165) is 49.9 Å². The van der Waals surface area contributed by atoms with Crippen molar-refractivity contribution >= 4 is 66.6 Å². The molecule has 0 unspecified atom stereocenters. The lowest BCUT2D eigenvalue weighted by Crippen LogP contribution is -2.33. The van der Waals surface area contributed by atoms with Crippen molar-refractivity contribution in [3.05, 3.63) is 204 Å². The summed E-state index contributed by atoms with van der Waals surface area (Å²) in [5.41, 5.74) is 5.99. The fourth-order valence-corrected chi connectivity index (χ4v) is 7.50. The third kappa shape index (κ3) is 17.8. The average molecular weight is 1010 g/mol. The van der Waals surface area contributed by atoms with Gasteiger partial charge in [-0.1, -0.05) is 62.1 Å². The predicted octanol–water partition coefficient (Wildman–Crippen LogP) is 8.67. The molecule has 0 saturated carbocycles. The Hall–Kier alpha value is -7.90. The Morgan fingerprint density at radius 1 is 0.417 bits per heavy atom. The van der Waals surface area contributed by atoms with Crippen LogP contribution in [0.25, 0.3) is 0 Å². The summed E-state index contributed by atoms with van der Waals surface area (Å²) in [6, 6.07) is 38.6. The van der Waals surface area contributed by atoms with Gasteiger partial charge in [-0.3, -0.25) is 19.2 Å². The molecule has 4 N–H and O–H groups in total. The van der Waals surface area contributed by atoms with E-state index < -0.39 is 20.2 Å². The Bertz CT molecular complexity index is 2950. The van der Waals surface area contributed by atoms with E-state index in [2.05, 4.69) is 35.1 Å². The first kappa shape index (κ1) is 55.0. The number of aryl methyl sites for hydroxylation is 4. The molecule has 7 rings (SSSR count). The van der Waals surface area contributed by atoms with Crippen LogP contribution in [0.5, 0.6) is 0 Å². The monoisotopic (exact) mass is 1010 g/mol. The van der Waals surface area contributed by atoms with E-state index in [9.17, 15) is 45.1 Å². The molecule has 0 spiro atoms. The summed E-state index contributed by atoms with van der Waals surface area (Å²) >= 11 is 0. The molecule has 2 heterocycles. The van der Waals surface area contributed by atoms with Crippen molar-refractivity contribution < 1.29 is 54.3 Å². The molecule has 374 valence electrons. The fourth-order valence-electron chi connectivity index (χ4n) is 6.56. The van der Waals surface area contributed by atoms with Gasteiger partial charge < -0.3 is 30.4 Å². The molecule has 0 aliphatic carbocycles. The van der Waals surface area contributed by atoms with Crippen LogP contribution in [0.3, 0.4) is 0 Å². The van der Waals surface area contributed by atoms with E-state index in [4.69, 9.17) is 0 Å². The van der Waals surface area contributed by atoms with Gasteiger partial charge >= 0.3 is 0 Å². The van der Waals surface area contributed by atoms with Crippen molar-refractivity contribution in [2.45, 2.75) is 76.3 Å². The van der Waals surface area contributed by atoms with E-state index in [1.165, 1.54) is 24.3 Å². The van der Waals surface area contributed by atoms with Gasteiger partial charge in [-0.15, -0.1) is 0 Å². The van der Waals surface area contributed by atoms with Crippen LogP contribution in [-0.2, 0) is 33.3 Å². The third-order valence-corrected chi connectivity index (χ3v) is 12.3. The van der Waals surface area contributed by atoms with E-state index in [0.29, 0.717) is 45.0 Å². The van der Waals surface area contributed by atoms with Gasteiger partial charge in [0, 0.05) is 58.6 Å². The summed E-state index contributed by atoms with van der Waals surface area (Å²) in [5.74, 6) is -1.19. The zero-order valence-electron chi connectivity index (χ0n) is 40.2. The Kier molecular flexibility index (Phi) is 20.1. The number of nitrogens with one attached hydrogen (secondary N) is 4. The van der Waals surface area contributed by atoms with Crippen molar-refractivity contribution in [3.63, 3.8) is 0 Å². The third-order valence-electron chi connectivity index (χ3n) is 10.6. The number of carbonyl (C=O) groups is 4. The molecular formula is C54H56N6O10S2. The maximum atomic E-state index is 12.9. The summed E-state index contributed by atoms with van der Waals surface area (Å²) in [6.07, 6.45) is 12.1. The maximum Gasteiger partial charge on any atom is 0.255 e. The molecule has 0 saturated heterocycles. The highest BCUT2D eigenvalue weighted by Crippen LogP contribution is 2.17. The Morgan fingerprint density at radius 3 is 0.972 bits per heavy atom. The molecule has 0 fully saturated rings. The van der Waals surface area contributed by atoms with Crippen LogP contribution in [0.1, 0.15) is 92.1 Å². The van der Waals surface area contributed by atoms with Gasteiger partial charge in [0.25, 0.3) is 23.6 Å². The second-order valence-corrected chi connectivity index (χ2v) is 19.2. The summed E-state index contributed by atoms with van der Waals surface area (Å²) in [6.45, 7) is 9.69. The number of nitrogens with zero attached hydrogens (tertiary/aromatic N) is 2. The molecule has 0 bridgehead atoms. The fraction of sp³-hybridized carbons (Fsp3) is 0.185. The summed E-state index contributed by atoms with van der Waals surface area (Å²) < 4.78 is 66.4. The number of hydrogen-bond acceptors (Lipinski definition) is 10. The molecule has 18 heteroatoms. The molecule has 0 aliphatic heterocycles. The summed E-state index contributed by atoms with van der Waals surface area (Å²) in [7, 11) is -8.54. The standard InChI is InChI=1S/C40H40N6O4.2C7H8O3S/c1-3-5-23-45-25-7-9-35(27-45)43-39(49)31-15-19-33(20-16-31)41-37(47)29-11-13-30(14-12-29)38(48)42-34-21-17-32(18-22-34)40(50)44-36-10-8-26-46(28-36)24-6-4-2;2*1-6-2-4-7(5-3-6)11(8,9)10/h7-22,25-28H,3-6,23-24H2,1-2H3,(H2-2,41,42,43,44,47,48,49,50);2*2-5H,1H3,(H,8,9,10). The molecule has 0 atom stereocenters. The van der Waals surface area contributed by atoms with Crippen LogP contribution in [0.15, 0.2) is 180 Å². The molecule has 4 amide bonds. The lowest BCUT2D eigenvalue weighted by Gasteiger charge is -2.09. The molecule has 5 aromatic carbocycles. The van der Waals surface area contributed by atoms with Gasteiger partial charge in [0.2, 0.25) is 0 Å². The van der Waals surface area contributed by atoms with Gasteiger partial charge in [-0.2, -0.15) is 0 Å². The number of rotatable bonds is 16. The summed E-state index contributed by atoms with van der Waals surface area (Å²) in [5, 5.41) is 11.5. The van der Waals surface area contributed by atoms with Crippen molar-refractivity contribution in [2.24, 2.45) is 0 Å². The minimum atomic E-state index is -4.27. The molecule has 0 aliphatic rings. The number of aromatic nitrogens is 2. The molecule has 0 radical (unpaired) electrons. The second kappa shape index (κ2) is 26.3. The zero-order valence-corrected chi connectivity index (χ0v) is 41.8. The first-order chi connectivity index (χ1) is 34.3. The number of pyridine rings is 2. The van der Waals surface area contributed by atoms with E-state index >= 15 is 0 Å². The minimum absolute atomic E-state index is 0.178. The lowest BCUT2D eigenvalue weighted by molar-refractivity contribution is -0.696. The SMILES string of the molecule is CCCC[n+]1cccc(NC(=O)c2ccc(NC(=O)c3ccc(C(=O)Nc4ccc(C(=O)Nc5ccc[n+](CCCC)c5)cc4)cc3)cc2)c1.Cc1ccc(S(=O)(=O)[O-])cc1.Cc1ccc(S(=O)(=O)[O-])cc1. The quantitative estimate of drug-likeness (QED) is 0.0531. The number of anilines is 4. The molecular weight excluding hydrogens is 957 g/mol. The smallest absolute Gasteiger partial charge is 0.255 e. The van der Waals surface area contributed by atoms with Crippen molar-refractivity contribution in [3.8, 4) is 0 Å². The van der Waals surface area contributed by atoms with Crippen LogP contribution >= 0.6 is 0 Å². The Labute approximate surface area is 420 Å². The Balaban J connectivity index is 0.000000357. The molecule has 2 aromatic heterocycles. The number of hydrogen-bond donors (Lipinski definition) is 4.